The van der Waals surface area contributed by atoms with Gasteiger partial charge in [0.1, 0.15) is 0 Å². The standard InChI is InChI=1S/C34H20S/c1-3-9-25-21(7-1)13-14-22-15-17-28-29(19-23-8-2-4-10-26(23)34(28)33(22)25)24-16-18-32-30(20-24)27-11-5-6-12-31(27)35-32/h1-20H. The van der Waals surface area contributed by atoms with E-state index in [0.717, 1.165) is 0 Å². The van der Waals surface area contributed by atoms with Crippen molar-refractivity contribution in [3.8, 4) is 11.1 Å². The van der Waals surface area contributed by atoms with E-state index < -0.39 is 0 Å². The van der Waals surface area contributed by atoms with E-state index in [1.54, 1.807) is 0 Å². The maximum absolute atomic E-state index is 2.39. The zero-order valence-corrected chi connectivity index (χ0v) is 19.8. The van der Waals surface area contributed by atoms with Crippen LogP contribution in [0.25, 0.3) is 74.4 Å². The Balaban J connectivity index is 1.56. The maximum atomic E-state index is 2.39. The Labute approximate surface area is 206 Å². The van der Waals surface area contributed by atoms with Gasteiger partial charge in [-0.2, -0.15) is 0 Å². The Kier molecular flexibility index (Phi) is 3.91. The molecule has 0 bridgehead atoms. The highest BCUT2D eigenvalue weighted by Crippen LogP contribution is 2.43. The van der Waals surface area contributed by atoms with E-state index in [-0.39, 0.29) is 0 Å². The molecule has 1 heteroatoms. The predicted molar refractivity (Wildman–Crippen MR) is 155 cm³/mol. The number of benzene rings is 7. The molecule has 8 aromatic rings. The fourth-order valence-electron chi connectivity index (χ4n) is 5.82. The van der Waals surface area contributed by atoms with Crippen molar-refractivity contribution in [1.82, 2.24) is 0 Å². The van der Waals surface area contributed by atoms with Crippen LogP contribution in [0.1, 0.15) is 0 Å². The second kappa shape index (κ2) is 7.15. The van der Waals surface area contributed by atoms with Crippen molar-refractivity contribution in [2.45, 2.75) is 0 Å². The fraction of sp³-hybridized carbons (Fsp3) is 0. The minimum atomic E-state index is 1.27. The third kappa shape index (κ3) is 2.73. The molecule has 8 rings (SSSR count). The summed E-state index contributed by atoms with van der Waals surface area (Å²) in [5.41, 5.74) is 2.57. The lowest BCUT2D eigenvalue weighted by atomic mass is 9.88. The molecule has 0 radical (unpaired) electrons. The normalized spacial score (nSPS) is 12.0. The molecular formula is C34H20S. The lowest BCUT2D eigenvalue weighted by Crippen LogP contribution is -1.88. The van der Waals surface area contributed by atoms with Crippen LogP contribution in [0.2, 0.25) is 0 Å². The van der Waals surface area contributed by atoms with Gasteiger partial charge in [-0.1, -0.05) is 97.1 Å². The van der Waals surface area contributed by atoms with Crippen molar-refractivity contribution in [1.29, 1.82) is 0 Å². The quantitative estimate of drug-likeness (QED) is 0.214. The van der Waals surface area contributed by atoms with E-state index in [0.29, 0.717) is 0 Å². The summed E-state index contributed by atoms with van der Waals surface area (Å²) in [6.07, 6.45) is 0. The average molecular weight is 461 g/mol. The fourth-order valence-corrected chi connectivity index (χ4v) is 6.90. The molecule has 162 valence electrons. The van der Waals surface area contributed by atoms with Crippen LogP contribution in [0.15, 0.2) is 121 Å². The van der Waals surface area contributed by atoms with Crippen molar-refractivity contribution in [3.63, 3.8) is 0 Å². The van der Waals surface area contributed by atoms with Crippen molar-refractivity contribution in [2.24, 2.45) is 0 Å². The lowest BCUT2D eigenvalue weighted by molar-refractivity contribution is 1.73. The summed E-state index contributed by atoms with van der Waals surface area (Å²) in [5, 5.41) is 13.2. The van der Waals surface area contributed by atoms with Crippen LogP contribution < -0.4 is 0 Å². The maximum Gasteiger partial charge on any atom is 0.0355 e. The van der Waals surface area contributed by atoms with Crippen molar-refractivity contribution in [3.05, 3.63) is 121 Å². The van der Waals surface area contributed by atoms with Gasteiger partial charge in [0.2, 0.25) is 0 Å². The summed E-state index contributed by atoms with van der Waals surface area (Å²) in [6.45, 7) is 0. The van der Waals surface area contributed by atoms with Gasteiger partial charge in [0.25, 0.3) is 0 Å². The number of fused-ring (bicyclic) bond motifs is 10. The molecule has 1 aromatic heterocycles. The van der Waals surface area contributed by atoms with Gasteiger partial charge in [-0.05, 0) is 78.5 Å². The summed E-state index contributed by atoms with van der Waals surface area (Å²) in [6, 6.07) is 44.8. The molecule has 0 saturated heterocycles. The molecule has 0 amide bonds. The molecule has 0 aliphatic rings. The zero-order valence-electron chi connectivity index (χ0n) is 19.0. The van der Waals surface area contributed by atoms with Crippen LogP contribution in [-0.4, -0.2) is 0 Å². The minimum Gasteiger partial charge on any atom is -0.135 e. The highest BCUT2D eigenvalue weighted by Gasteiger charge is 2.14. The molecule has 0 unspecified atom stereocenters. The van der Waals surface area contributed by atoms with Crippen LogP contribution in [0.4, 0.5) is 0 Å². The molecule has 0 atom stereocenters. The monoisotopic (exact) mass is 460 g/mol. The topological polar surface area (TPSA) is 0 Å². The average Bonchev–Trinajstić information content (AvgIpc) is 3.30. The summed E-state index contributed by atoms with van der Waals surface area (Å²) in [4.78, 5) is 0. The van der Waals surface area contributed by atoms with E-state index in [1.807, 2.05) is 11.3 Å². The van der Waals surface area contributed by atoms with Crippen molar-refractivity contribution < 1.29 is 0 Å². The third-order valence-corrected chi connectivity index (χ3v) is 8.57. The predicted octanol–water partition coefficient (Wildman–Crippen LogP) is 10.3. The molecule has 0 saturated carbocycles. The zero-order chi connectivity index (χ0) is 22.9. The SMILES string of the molecule is c1ccc2c(c1)ccc1ccc3c(-c4ccc5sc6ccccc6c5c4)cc4ccccc4c3c12. The Bertz CT molecular complexity index is 2110. The second-order valence-corrected chi connectivity index (χ2v) is 10.4. The first kappa shape index (κ1) is 19.1. The van der Waals surface area contributed by atoms with Crippen LogP contribution in [0.5, 0.6) is 0 Å². The number of thiophene rings is 1. The van der Waals surface area contributed by atoms with Gasteiger partial charge in [0.05, 0.1) is 0 Å². The summed E-state index contributed by atoms with van der Waals surface area (Å²) in [5.74, 6) is 0. The Morgan fingerprint density at radius 3 is 1.91 bits per heavy atom. The third-order valence-electron chi connectivity index (χ3n) is 7.42. The van der Waals surface area contributed by atoms with Crippen LogP contribution in [0, 0.1) is 0 Å². The molecule has 1 heterocycles. The van der Waals surface area contributed by atoms with Crippen LogP contribution in [0.3, 0.4) is 0 Å². The largest absolute Gasteiger partial charge is 0.135 e. The summed E-state index contributed by atoms with van der Waals surface area (Å²) in [7, 11) is 0. The number of hydrogen-bond donors (Lipinski definition) is 0. The lowest BCUT2D eigenvalue weighted by Gasteiger charge is -2.15. The van der Waals surface area contributed by atoms with E-state index in [4.69, 9.17) is 0 Å². The van der Waals surface area contributed by atoms with Gasteiger partial charge in [-0.15, -0.1) is 11.3 Å². The van der Waals surface area contributed by atoms with Gasteiger partial charge in [-0.3, -0.25) is 0 Å². The van der Waals surface area contributed by atoms with Gasteiger partial charge in [-0.25, -0.2) is 0 Å². The van der Waals surface area contributed by atoms with E-state index in [1.165, 1.54) is 74.4 Å². The molecule has 0 N–H and O–H groups in total. The van der Waals surface area contributed by atoms with Gasteiger partial charge in [0.15, 0.2) is 0 Å². The van der Waals surface area contributed by atoms with Gasteiger partial charge >= 0.3 is 0 Å². The first-order valence-corrected chi connectivity index (χ1v) is 12.8. The van der Waals surface area contributed by atoms with E-state index in [2.05, 4.69) is 121 Å². The molecule has 0 fully saturated rings. The number of rotatable bonds is 1. The smallest absolute Gasteiger partial charge is 0.0355 e. The summed E-state index contributed by atoms with van der Waals surface area (Å²) >= 11 is 1.88. The second-order valence-electron chi connectivity index (χ2n) is 9.33. The van der Waals surface area contributed by atoms with Crippen LogP contribution in [-0.2, 0) is 0 Å². The molecule has 0 spiro atoms. The Hall–Kier alpha value is -4.20. The van der Waals surface area contributed by atoms with Crippen LogP contribution >= 0.6 is 11.3 Å². The van der Waals surface area contributed by atoms with Gasteiger partial charge in [0, 0.05) is 20.2 Å². The van der Waals surface area contributed by atoms with E-state index >= 15 is 0 Å². The molecule has 0 aliphatic heterocycles. The Morgan fingerprint density at radius 2 is 1.03 bits per heavy atom. The molecule has 0 aliphatic carbocycles. The Morgan fingerprint density at radius 1 is 0.371 bits per heavy atom. The van der Waals surface area contributed by atoms with Gasteiger partial charge < -0.3 is 0 Å². The van der Waals surface area contributed by atoms with E-state index in [9.17, 15) is 0 Å². The first-order valence-electron chi connectivity index (χ1n) is 12.0. The highest BCUT2D eigenvalue weighted by atomic mass is 32.1. The minimum absolute atomic E-state index is 1.27. The summed E-state index contributed by atoms with van der Waals surface area (Å²) < 4.78 is 2.69. The van der Waals surface area contributed by atoms with Crippen molar-refractivity contribution >= 4 is 74.6 Å². The number of hydrogen-bond acceptors (Lipinski definition) is 1. The van der Waals surface area contributed by atoms with Crippen molar-refractivity contribution in [2.75, 3.05) is 0 Å². The molecule has 35 heavy (non-hydrogen) atoms. The molecular weight excluding hydrogens is 440 g/mol. The molecule has 0 nitrogen and oxygen atoms in total. The molecule has 7 aromatic carbocycles. The first-order chi connectivity index (χ1) is 17.3. The highest BCUT2D eigenvalue weighted by molar-refractivity contribution is 7.25.